The highest BCUT2D eigenvalue weighted by molar-refractivity contribution is 7.99. The maximum atomic E-state index is 12.2. The van der Waals surface area contributed by atoms with E-state index in [9.17, 15) is 14.7 Å². The van der Waals surface area contributed by atoms with Gasteiger partial charge in [-0.2, -0.15) is 0 Å². The minimum absolute atomic E-state index is 0.0944. The van der Waals surface area contributed by atoms with E-state index in [-0.39, 0.29) is 22.4 Å². The summed E-state index contributed by atoms with van der Waals surface area (Å²) in [6.07, 6.45) is 0. The van der Waals surface area contributed by atoms with Crippen LogP contribution in [0.1, 0.15) is 22.8 Å². The molecule has 0 aliphatic rings. The molecule has 6 heteroatoms. The minimum atomic E-state index is -1.36. The number of thioether (sulfide) groups is 1. The molecule has 1 atom stereocenters. The first-order valence-corrected chi connectivity index (χ1v) is 8.37. The summed E-state index contributed by atoms with van der Waals surface area (Å²) < 4.78 is 0. The minimum Gasteiger partial charge on any atom is -0.545 e. The summed E-state index contributed by atoms with van der Waals surface area (Å²) >= 11 is 7.32. The number of benzene rings is 2. The number of amides is 1. The predicted molar refractivity (Wildman–Crippen MR) is 91.6 cm³/mol. The van der Waals surface area contributed by atoms with Gasteiger partial charge in [-0.15, -0.1) is 11.8 Å². The van der Waals surface area contributed by atoms with Crippen molar-refractivity contribution in [2.75, 3.05) is 5.32 Å². The average Bonchev–Trinajstić information content (AvgIpc) is 2.53. The van der Waals surface area contributed by atoms with Crippen LogP contribution in [0.15, 0.2) is 48.5 Å². The van der Waals surface area contributed by atoms with Crippen LogP contribution < -0.4 is 10.4 Å². The van der Waals surface area contributed by atoms with Crippen molar-refractivity contribution in [2.24, 2.45) is 0 Å². The van der Waals surface area contributed by atoms with E-state index in [0.29, 0.717) is 10.8 Å². The molecule has 0 bridgehead atoms. The number of nitrogens with one attached hydrogen (secondary N) is 1. The molecule has 0 aromatic heterocycles. The molecule has 1 amide bonds. The lowest BCUT2D eigenvalue weighted by Crippen LogP contribution is -2.27. The third kappa shape index (κ3) is 5.01. The number of rotatable bonds is 6. The maximum absolute atomic E-state index is 12.2. The zero-order valence-corrected chi connectivity index (χ0v) is 14.0. The Balaban J connectivity index is 2.01. The lowest BCUT2D eigenvalue weighted by molar-refractivity contribution is -0.254. The van der Waals surface area contributed by atoms with Crippen molar-refractivity contribution in [3.63, 3.8) is 0 Å². The Morgan fingerprint density at radius 3 is 2.57 bits per heavy atom. The SMILES string of the molecule is C[C@@H](SCc1ccccc1)C(=O)Nc1cc(Cl)ccc1C(=O)[O-]. The van der Waals surface area contributed by atoms with E-state index in [4.69, 9.17) is 11.6 Å². The summed E-state index contributed by atoms with van der Waals surface area (Å²) in [5.74, 6) is -0.949. The molecule has 0 unspecified atom stereocenters. The predicted octanol–water partition coefficient (Wildman–Crippen LogP) is 2.96. The van der Waals surface area contributed by atoms with E-state index < -0.39 is 5.97 Å². The molecule has 0 saturated heterocycles. The van der Waals surface area contributed by atoms with Crippen molar-refractivity contribution in [1.29, 1.82) is 0 Å². The van der Waals surface area contributed by atoms with E-state index in [0.717, 1.165) is 5.56 Å². The molecule has 0 aliphatic heterocycles. The molecule has 0 aliphatic carbocycles. The van der Waals surface area contributed by atoms with Crippen LogP contribution in [0.25, 0.3) is 0 Å². The smallest absolute Gasteiger partial charge is 0.237 e. The Kier molecular flexibility index (Phi) is 6.07. The van der Waals surface area contributed by atoms with Gasteiger partial charge in [0.1, 0.15) is 0 Å². The van der Waals surface area contributed by atoms with Crippen LogP contribution in [0.4, 0.5) is 5.69 Å². The topological polar surface area (TPSA) is 69.2 Å². The maximum Gasteiger partial charge on any atom is 0.237 e. The molecule has 2 aromatic carbocycles. The van der Waals surface area contributed by atoms with E-state index in [1.165, 1.54) is 30.0 Å². The van der Waals surface area contributed by atoms with E-state index >= 15 is 0 Å². The molecule has 0 radical (unpaired) electrons. The average molecular weight is 349 g/mol. The first-order chi connectivity index (χ1) is 11.0. The van der Waals surface area contributed by atoms with Crippen LogP contribution in [0.5, 0.6) is 0 Å². The number of carbonyl (C=O) groups excluding carboxylic acids is 2. The molecule has 0 saturated carbocycles. The monoisotopic (exact) mass is 348 g/mol. The number of hydrogen-bond acceptors (Lipinski definition) is 4. The Hall–Kier alpha value is -1.98. The lowest BCUT2D eigenvalue weighted by Gasteiger charge is -2.15. The number of halogens is 1. The van der Waals surface area contributed by atoms with Gasteiger partial charge in [0.2, 0.25) is 5.91 Å². The van der Waals surface area contributed by atoms with Gasteiger partial charge in [-0.1, -0.05) is 41.9 Å². The highest BCUT2D eigenvalue weighted by atomic mass is 35.5. The molecule has 2 aromatic rings. The van der Waals surface area contributed by atoms with Crippen molar-refractivity contribution in [2.45, 2.75) is 17.9 Å². The first kappa shape index (κ1) is 17.4. The fourth-order valence-corrected chi connectivity index (χ4v) is 2.92. The quantitative estimate of drug-likeness (QED) is 0.871. The van der Waals surface area contributed by atoms with Crippen LogP contribution in [0.2, 0.25) is 5.02 Å². The van der Waals surface area contributed by atoms with Crippen molar-refractivity contribution in [1.82, 2.24) is 0 Å². The van der Waals surface area contributed by atoms with Crippen molar-refractivity contribution < 1.29 is 14.7 Å². The van der Waals surface area contributed by atoms with Crippen molar-refractivity contribution in [3.8, 4) is 0 Å². The third-order valence-electron chi connectivity index (χ3n) is 3.17. The molecule has 120 valence electrons. The van der Waals surface area contributed by atoms with E-state index in [1.54, 1.807) is 6.92 Å². The highest BCUT2D eigenvalue weighted by Crippen LogP contribution is 2.23. The number of carboxylic acids is 1. The van der Waals surface area contributed by atoms with E-state index in [2.05, 4.69) is 5.32 Å². The zero-order chi connectivity index (χ0) is 16.8. The molecule has 0 spiro atoms. The standard InChI is InChI=1S/C17H16ClNO3S/c1-11(23-10-12-5-3-2-4-6-12)16(20)19-15-9-13(18)7-8-14(15)17(21)22/h2-9,11H,10H2,1H3,(H,19,20)(H,21,22)/p-1/t11-/m1/s1. The third-order valence-corrected chi connectivity index (χ3v) is 4.62. The summed E-state index contributed by atoms with van der Waals surface area (Å²) in [7, 11) is 0. The summed E-state index contributed by atoms with van der Waals surface area (Å²) in [5, 5.41) is 13.7. The number of carboxylic acid groups (broad SMARTS) is 1. The fourth-order valence-electron chi connectivity index (χ4n) is 1.90. The van der Waals surface area contributed by atoms with Gasteiger partial charge >= 0.3 is 0 Å². The molecule has 0 fully saturated rings. The Morgan fingerprint density at radius 2 is 1.91 bits per heavy atom. The Labute approximate surface area is 143 Å². The second kappa shape index (κ2) is 8.04. The van der Waals surface area contributed by atoms with Crippen LogP contribution in [-0.2, 0) is 10.5 Å². The van der Waals surface area contributed by atoms with Gasteiger partial charge in [-0.3, -0.25) is 4.79 Å². The highest BCUT2D eigenvalue weighted by Gasteiger charge is 2.16. The van der Waals surface area contributed by atoms with Crippen molar-refractivity contribution >= 4 is 40.9 Å². The van der Waals surface area contributed by atoms with E-state index in [1.807, 2.05) is 30.3 Å². The van der Waals surface area contributed by atoms with Gasteiger partial charge in [0.05, 0.1) is 16.9 Å². The molecule has 0 heterocycles. The molecule has 2 rings (SSSR count). The lowest BCUT2D eigenvalue weighted by atomic mass is 10.1. The summed E-state index contributed by atoms with van der Waals surface area (Å²) in [4.78, 5) is 23.3. The van der Waals surface area contributed by atoms with Gasteiger partial charge in [0.25, 0.3) is 0 Å². The molecular weight excluding hydrogens is 334 g/mol. The van der Waals surface area contributed by atoms with Gasteiger partial charge < -0.3 is 15.2 Å². The normalized spacial score (nSPS) is 11.7. The fraction of sp³-hybridized carbons (Fsp3) is 0.176. The second-order valence-corrected chi connectivity index (χ2v) is 6.67. The first-order valence-electron chi connectivity index (χ1n) is 6.94. The summed E-state index contributed by atoms with van der Waals surface area (Å²) in [6, 6.07) is 14.0. The van der Waals surface area contributed by atoms with Gasteiger partial charge in [-0.05, 0) is 30.7 Å². The van der Waals surface area contributed by atoms with Gasteiger partial charge in [0.15, 0.2) is 0 Å². The summed E-state index contributed by atoms with van der Waals surface area (Å²) in [6.45, 7) is 1.77. The van der Waals surface area contributed by atoms with Crippen LogP contribution >= 0.6 is 23.4 Å². The molecule has 23 heavy (non-hydrogen) atoms. The zero-order valence-electron chi connectivity index (χ0n) is 12.4. The number of hydrogen-bond donors (Lipinski definition) is 1. The van der Waals surface area contributed by atoms with Crippen LogP contribution in [0, 0.1) is 0 Å². The van der Waals surface area contributed by atoms with Crippen LogP contribution in [-0.4, -0.2) is 17.1 Å². The van der Waals surface area contributed by atoms with Crippen molar-refractivity contribution in [3.05, 3.63) is 64.7 Å². The second-order valence-electron chi connectivity index (χ2n) is 4.91. The molecular formula is C17H15ClNO3S-. The number of anilines is 1. The Bertz CT molecular complexity index is 706. The molecule has 4 nitrogen and oxygen atoms in total. The molecule has 1 N–H and O–H groups in total. The number of carbonyl (C=O) groups is 2. The van der Waals surface area contributed by atoms with Gasteiger partial charge in [0, 0.05) is 16.3 Å². The Morgan fingerprint density at radius 1 is 1.22 bits per heavy atom. The van der Waals surface area contributed by atoms with Gasteiger partial charge in [-0.25, -0.2) is 0 Å². The largest absolute Gasteiger partial charge is 0.545 e. The number of aromatic carboxylic acids is 1. The summed E-state index contributed by atoms with van der Waals surface area (Å²) in [5.41, 5.74) is 1.17. The van der Waals surface area contributed by atoms with Crippen LogP contribution in [0.3, 0.4) is 0 Å².